The average molecular weight is 315 g/mol. The number of amides is 1. The fourth-order valence-corrected chi connectivity index (χ4v) is 1.86. The first kappa shape index (κ1) is 16.4. The number of ether oxygens (including phenoxy) is 3. The molecule has 6 nitrogen and oxygen atoms in total. The fraction of sp³-hybridized carbons (Fsp3) is 0.176. The molecule has 0 saturated carbocycles. The van der Waals surface area contributed by atoms with Crippen LogP contribution in [0, 0.1) is 0 Å². The standard InChI is InChI=1S/C17H17NO5/c1-3-22-16(19)12-8-10-13(11-9-12)23-17(20)18-14-6-4-5-7-15(14)21-2/h4-11H,3H2,1-2H3,(H,18,20). The molecule has 2 aromatic rings. The highest BCUT2D eigenvalue weighted by Crippen LogP contribution is 2.23. The highest BCUT2D eigenvalue weighted by molar-refractivity contribution is 5.90. The molecular formula is C17H17NO5. The summed E-state index contributed by atoms with van der Waals surface area (Å²) in [5.74, 6) is 0.421. The van der Waals surface area contributed by atoms with Crippen LogP contribution in [0.25, 0.3) is 0 Å². The van der Waals surface area contributed by atoms with E-state index in [4.69, 9.17) is 14.2 Å². The molecule has 0 radical (unpaired) electrons. The predicted molar refractivity (Wildman–Crippen MR) is 85.0 cm³/mol. The summed E-state index contributed by atoms with van der Waals surface area (Å²) in [7, 11) is 1.51. The van der Waals surface area contributed by atoms with E-state index >= 15 is 0 Å². The van der Waals surface area contributed by atoms with Gasteiger partial charge in [0.25, 0.3) is 0 Å². The van der Waals surface area contributed by atoms with Crippen molar-refractivity contribution in [3.63, 3.8) is 0 Å². The number of anilines is 1. The van der Waals surface area contributed by atoms with E-state index in [9.17, 15) is 9.59 Å². The van der Waals surface area contributed by atoms with Crippen molar-refractivity contribution in [2.24, 2.45) is 0 Å². The Kier molecular flexibility index (Phi) is 5.57. The van der Waals surface area contributed by atoms with Crippen molar-refractivity contribution in [2.75, 3.05) is 19.0 Å². The zero-order valence-electron chi connectivity index (χ0n) is 12.9. The average Bonchev–Trinajstić information content (AvgIpc) is 2.56. The van der Waals surface area contributed by atoms with Crippen LogP contribution in [0.15, 0.2) is 48.5 Å². The van der Waals surface area contributed by atoms with Crippen LogP contribution < -0.4 is 14.8 Å². The van der Waals surface area contributed by atoms with Gasteiger partial charge >= 0.3 is 12.1 Å². The Morgan fingerprint density at radius 2 is 1.74 bits per heavy atom. The van der Waals surface area contributed by atoms with Crippen molar-refractivity contribution in [1.29, 1.82) is 0 Å². The van der Waals surface area contributed by atoms with Crippen molar-refractivity contribution < 1.29 is 23.8 Å². The summed E-state index contributed by atoms with van der Waals surface area (Å²) in [4.78, 5) is 23.4. The van der Waals surface area contributed by atoms with Crippen LogP contribution in [0.2, 0.25) is 0 Å². The third kappa shape index (κ3) is 4.47. The lowest BCUT2D eigenvalue weighted by atomic mass is 10.2. The van der Waals surface area contributed by atoms with E-state index in [1.165, 1.54) is 31.4 Å². The summed E-state index contributed by atoms with van der Waals surface area (Å²) < 4.78 is 15.2. The van der Waals surface area contributed by atoms with Crippen LogP contribution in [0.3, 0.4) is 0 Å². The van der Waals surface area contributed by atoms with Gasteiger partial charge in [0, 0.05) is 0 Å². The van der Waals surface area contributed by atoms with E-state index in [1.54, 1.807) is 31.2 Å². The van der Waals surface area contributed by atoms with Crippen LogP contribution >= 0.6 is 0 Å². The Morgan fingerprint density at radius 3 is 2.39 bits per heavy atom. The van der Waals surface area contributed by atoms with Crippen molar-refractivity contribution in [1.82, 2.24) is 0 Å². The Balaban J connectivity index is 1.99. The van der Waals surface area contributed by atoms with Crippen LogP contribution in [-0.4, -0.2) is 25.8 Å². The molecule has 0 fully saturated rings. The summed E-state index contributed by atoms with van der Waals surface area (Å²) in [6.45, 7) is 2.04. The van der Waals surface area contributed by atoms with Gasteiger partial charge in [-0.15, -0.1) is 0 Å². The summed E-state index contributed by atoms with van der Waals surface area (Å²) >= 11 is 0. The number of rotatable bonds is 5. The van der Waals surface area contributed by atoms with E-state index < -0.39 is 12.1 Å². The molecule has 0 aliphatic carbocycles. The number of hydrogen-bond acceptors (Lipinski definition) is 5. The summed E-state index contributed by atoms with van der Waals surface area (Å²) in [5.41, 5.74) is 0.896. The van der Waals surface area contributed by atoms with Crippen molar-refractivity contribution in [3.8, 4) is 11.5 Å². The highest BCUT2D eigenvalue weighted by Gasteiger charge is 2.10. The Hall–Kier alpha value is -3.02. The number of methoxy groups -OCH3 is 1. The molecule has 0 atom stereocenters. The van der Waals surface area contributed by atoms with Crippen molar-refractivity contribution in [2.45, 2.75) is 6.92 Å². The second-order valence-electron chi connectivity index (χ2n) is 4.46. The molecule has 0 unspecified atom stereocenters. The largest absolute Gasteiger partial charge is 0.495 e. The molecule has 6 heteroatoms. The lowest BCUT2D eigenvalue weighted by molar-refractivity contribution is 0.0526. The van der Waals surface area contributed by atoms with Gasteiger partial charge in [-0.1, -0.05) is 12.1 Å². The van der Waals surface area contributed by atoms with Gasteiger partial charge in [0.2, 0.25) is 0 Å². The van der Waals surface area contributed by atoms with Gasteiger partial charge in [-0.05, 0) is 43.3 Å². The smallest absolute Gasteiger partial charge is 0.417 e. The molecule has 0 aliphatic heterocycles. The molecule has 1 N–H and O–H groups in total. The second kappa shape index (κ2) is 7.84. The molecule has 120 valence electrons. The van der Waals surface area contributed by atoms with E-state index in [-0.39, 0.29) is 0 Å². The van der Waals surface area contributed by atoms with E-state index in [1.807, 2.05) is 0 Å². The molecule has 0 aromatic heterocycles. The summed E-state index contributed by atoms with van der Waals surface area (Å²) in [6, 6.07) is 13.1. The Morgan fingerprint density at radius 1 is 1.04 bits per heavy atom. The van der Waals surface area contributed by atoms with E-state index in [2.05, 4.69) is 5.32 Å². The summed E-state index contributed by atoms with van der Waals surface area (Å²) in [6.07, 6.45) is -0.654. The molecule has 23 heavy (non-hydrogen) atoms. The maximum absolute atomic E-state index is 11.9. The minimum Gasteiger partial charge on any atom is -0.495 e. The van der Waals surface area contributed by atoms with Gasteiger partial charge in [0.1, 0.15) is 11.5 Å². The number of hydrogen-bond donors (Lipinski definition) is 1. The zero-order chi connectivity index (χ0) is 16.7. The molecule has 0 aliphatic rings. The number of para-hydroxylation sites is 2. The van der Waals surface area contributed by atoms with Crippen molar-refractivity contribution >= 4 is 17.7 Å². The fourth-order valence-electron chi connectivity index (χ4n) is 1.86. The van der Waals surface area contributed by atoms with Gasteiger partial charge in [-0.2, -0.15) is 0 Å². The van der Waals surface area contributed by atoms with E-state index in [0.717, 1.165) is 0 Å². The van der Waals surface area contributed by atoms with Crippen LogP contribution in [0.4, 0.5) is 10.5 Å². The van der Waals surface area contributed by atoms with E-state index in [0.29, 0.717) is 29.4 Å². The first-order chi connectivity index (χ1) is 11.1. The maximum atomic E-state index is 11.9. The lowest BCUT2D eigenvalue weighted by Crippen LogP contribution is -2.17. The molecule has 1 amide bonds. The summed E-state index contributed by atoms with van der Waals surface area (Å²) in [5, 5.41) is 2.59. The minimum absolute atomic E-state index is 0.304. The van der Waals surface area contributed by atoms with Crippen LogP contribution in [-0.2, 0) is 4.74 Å². The number of esters is 1. The van der Waals surface area contributed by atoms with Crippen LogP contribution in [0.5, 0.6) is 11.5 Å². The molecule has 2 aromatic carbocycles. The normalized spacial score (nSPS) is 9.83. The SMILES string of the molecule is CCOC(=O)c1ccc(OC(=O)Nc2ccccc2OC)cc1. The minimum atomic E-state index is -0.654. The molecule has 0 saturated heterocycles. The van der Waals surface area contributed by atoms with Gasteiger partial charge in [-0.25, -0.2) is 9.59 Å². The third-order valence-electron chi connectivity index (χ3n) is 2.92. The van der Waals surface area contributed by atoms with Gasteiger partial charge in [0.05, 0.1) is 25.0 Å². The topological polar surface area (TPSA) is 73.9 Å². The molecule has 0 bridgehead atoms. The first-order valence-corrected chi connectivity index (χ1v) is 7.03. The number of carbonyl (C=O) groups is 2. The number of carbonyl (C=O) groups excluding carboxylic acids is 2. The lowest BCUT2D eigenvalue weighted by Gasteiger charge is -2.10. The number of nitrogens with one attached hydrogen (secondary N) is 1. The predicted octanol–water partition coefficient (Wildman–Crippen LogP) is 3.48. The Labute approximate surface area is 134 Å². The Bertz CT molecular complexity index is 682. The quantitative estimate of drug-likeness (QED) is 0.855. The monoisotopic (exact) mass is 315 g/mol. The zero-order valence-corrected chi connectivity index (χ0v) is 12.9. The molecule has 2 rings (SSSR count). The van der Waals surface area contributed by atoms with Gasteiger partial charge < -0.3 is 14.2 Å². The highest BCUT2D eigenvalue weighted by atomic mass is 16.6. The van der Waals surface area contributed by atoms with Crippen LogP contribution in [0.1, 0.15) is 17.3 Å². The van der Waals surface area contributed by atoms with Gasteiger partial charge in [0.15, 0.2) is 0 Å². The van der Waals surface area contributed by atoms with Crippen molar-refractivity contribution in [3.05, 3.63) is 54.1 Å². The van der Waals surface area contributed by atoms with Gasteiger partial charge in [-0.3, -0.25) is 5.32 Å². The third-order valence-corrected chi connectivity index (χ3v) is 2.92. The molecular weight excluding hydrogens is 298 g/mol. The first-order valence-electron chi connectivity index (χ1n) is 7.03. The molecule has 0 heterocycles. The number of benzene rings is 2. The maximum Gasteiger partial charge on any atom is 0.417 e. The molecule has 0 spiro atoms. The second-order valence-corrected chi connectivity index (χ2v) is 4.46.